The summed E-state index contributed by atoms with van der Waals surface area (Å²) in [6.07, 6.45) is -0.430. The Bertz CT molecular complexity index is 944. The normalized spacial score (nSPS) is 19.0. The summed E-state index contributed by atoms with van der Waals surface area (Å²) in [6, 6.07) is 11.1. The SMILES string of the molecule is CC1Oc2ccc(NC(=O)Cc3ccc(F)cc3)cc2N(CCN2CCOCC2)C1=O. The summed E-state index contributed by atoms with van der Waals surface area (Å²) < 4.78 is 24.2. The van der Waals surface area contributed by atoms with Crippen molar-refractivity contribution >= 4 is 23.2 Å². The fraction of sp³-hybridized carbons (Fsp3) is 0.391. The Labute approximate surface area is 180 Å². The number of halogens is 1. The molecule has 1 fully saturated rings. The Morgan fingerprint density at radius 1 is 1.13 bits per heavy atom. The maximum atomic E-state index is 13.1. The topological polar surface area (TPSA) is 71.1 Å². The summed E-state index contributed by atoms with van der Waals surface area (Å²) in [4.78, 5) is 29.2. The number of rotatable bonds is 6. The first-order valence-corrected chi connectivity index (χ1v) is 10.5. The highest BCUT2D eigenvalue weighted by atomic mass is 19.1. The predicted octanol–water partition coefficient (Wildman–Crippen LogP) is 2.45. The summed E-state index contributed by atoms with van der Waals surface area (Å²) in [6.45, 7) is 6.11. The molecule has 0 aliphatic carbocycles. The molecule has 2 amide bonds. The van der Waals surface area contributed by atoms with Gasteiger partial charge in [0.15, 0.2) is 6.10 Å². The van der Waals surface area contributed by atoms with Gasteiger partial charge in [-0.1, -0.05) is 12.1 Å². The maximum Gasteiger partial charge on any atom is 0.267 e. The van der Waals surface area contributed by atoms with E-state index in [2.05, 4.69) is 10.2 Å². The van der Waals surface area contributed by atoms with Crippen molar-refractivity contribution in [3.8, 4) is 5.75 Å². The third-order valence-electron chi connectivity index (χ3n) is 5.47. The maximum absolute atomic E-state index is 13.1. The van der Waals surface area contributed by atoms with Crippen LogP contribution in [-0.2, 0) is 20.7 Å². The molecule has 1 N–H and O–H groups in total. The van der Waals surface area contributed by atoms with Gasteiger partial charge >= 0.3 is 0 Å². The molecule has 0 radical (unpaired) electrons. The highest BCUT2D eigenvalue weighted by molar-refractivity contribution is 6.01. The molecule has 0 bridgehead atoms. The predicted molar refractivity (Wildman–Crippen MR) is 115 cm³/mol. The number of morpholine rings is 1. The Hall–Kier alpha value is -2.97. The first-order valence-electron chi connectivity index (χ1n) is 10.5. The lowest BCUT2D eigenvalue weighted by molar-refractivity contribution is -0.125. The van der Waals surface area contributed by atoms with Gasteiger partial charge in [0.1, 0.15) is 11.6 Å². The van der Waals surface area contributed by atoms with E-state index in [0.29, 0.717) is 36.9 Å². The number of carbonyl (C=O) groups is 2. The van der Waals surface area contributed by atoms with Crippen molar-refractivity contribution in [1.82, 2.24) is 4.90 Å². The summed E-state index contributed by atoms with van der Waals surface area (Å²) in [5, 5.41) is 2.85. The third-order valence-corrected chi connectivity index (χ3v) is 5.47. The quantitative estimate of drug-likeness (QED) is 0.767. The molecular formula is C23H26FN3O4. The average molecular weight is 427 g/mol. The van der Waals surface area contributed by atoms with Crippen LogP contribution < -0.4 is 15.0 Å². The van der Waals surface area contributed by atoms with Gasteiger partial charge in [-0.3, -0.25) is 14.5 Å². The number of carbonyl (C=O) groups excluding carboxylic acids is 2. The van der Waals surface area contributed by atoms with E-state index in [1.54, 1.807) is 42.2 Å². The molecule has 0 spiro atoms. The highest BCUT2D eigenvalue weighted by Crippen LogP contribution is 2.36. The molecule has 8 heteroatoms. The van der Waals surface area contributed by atoms with Gasteiger partial charge in [0, 0.05) is 31.9 Å². The number of amides is 2. The summed E-state index contributed by atoms with van der Waals surface area (Å²) >= 11 is 0. The van der Waals surface area contributed by atoms with Crippen LogP contribution >= 0.6 is 0 Å². The van der Waals surface area contributed by atoms with Gasteiger partial charge in [-0.15, -0.1) is 0 Å². The van der Waals surface area contributed by atoms with Gasteiger partial charge in [-0.05, 0) is 42.8 Å². The first kappa shape index (κ1) is 21.3. The fourth-order valence-electron chi connectivity index (χ4n) is 3.77. The van der Waals surface area contributed by atoms with Crippen molar-refractivity contribution < 1.29 is 23.5 Å². The second kappa shape index (κ2) is 9.45. The highest BCUT2D eigenvalue weighted by Gasteiger charge is 2.32. The van der Waals surface area contributed by atoms with Crippen LogP contribution in [0.3, 0.4) is 0 Å². The van der Waals surface area contributed by atoms with Crippen LogP contribution in [0.25, 0.3) is 0 Å². The molecule has 2 aliphatic heterocycles. The number of anilines is 2. The zero-order chi connectivity index (χ0) is 21.8. The number of nitrogens with zero attached hydrogens (tertiary/aromatic N) is 2. The molecule has 1 atom stereocenters. The van der Waals surface area contributed by atoms with E-state index in [1.807, 2.05) is 0 Å². The lowest BCUT2D eigenvalue weighted by atomic mass is 10.1. The molecule has 4 rings (SSSR count). The minimum atomic E-state index is -0.559. The molecular weight excluding hydrogens is 401 g/mol. The molecule has 31 heavy (non-hydrogen) atoms. The van der Waals surface area contributed by atoms with Crippen molar-refractivity contribution in [2.24, 2.45) is 0 Å². The van der Waals surface area contributed by atoms with E-state index in [-0.39, 0.29) is 24.1 Å². The van der Waals surface area contributed by atoms with Crippen LogP contribution in [0.2, 0.25) is 0 Å². The number of hydrogen-bond acceptors (Lipinski definition) is 5. The van der Waals surface area contributed by atoms with Crippen molar-refractivity contribution in [1.29, 1.82) is 0 Å². The van der Waals surface area contributed by atoms with E-state index in [1.165, 1.54) is 12.1 Å². The molecule has 0 saturated carbocycles. The van der Waals surface area contributed by atoms with Crippen LogP contribution in [0.1, 0.15) is 12.5 Å². The second-order valence-electron chi connectivity index (χ2n) is 7.74. The van der Waals surface area contributed by atoms with Crippen molar-refractivity contribution in [3.05, 3.63) is 53.8 Å². The molecule has 164 valence electrons. The minimum absolute atomic E-state index is 0.101. The van der Waals surface area contributed by atoms with Crippen LogP contribution in [0.15, 0.2) is 42.5 Å². The van der Waals surface area contributed by atoms with Gasteiger partial charge in [0.2, 0.25) is 5.91 Å². The summed E-state index contributed by atoms with van der Waals surface area (Å²) in [7, 11) is 0. The van der Waals surface area contributed by atoms with Crippen molar-refractivity contribution in [3.63, 3.8) is 0 Å². The standard InChI is InChI=1S/C23H26FN3O4/c1-16-23(29)27(9-8-26-10-12-30-13-11-26)20-15-19(6-7-21(20)31-16)25-22(28)14-17-2-4-18(24)5-3-17/h2-7,15-16H,8-14H2,1H3,(H,25,28). The van der Waals surface area contributed by atoms with Gasteiger partial charge in [-0.25, -0.2) is 4.39 Å². The number of ether oxygens (including phenoxy) is 2. The Morgan fingerprint density at radius 2 is 1.87 bits per heavy atom. The van der Waals surface area contributed by atoms with Crippen LogP contribution in [0, 0.1) is 5.82 Å². The Kier molecular flexibility index (Phi) is 6.48. The number of nitrogens with one attached hydrogen (secondary N) is 1. The number of benzene rings is 2. The zero-order valence-electron chi connectivity index (χ0n) is 17.5. The molecule has 7 nitrogen and oxygen atoms in total. The van der Waals surface area contributed by atoms with E-state index >= 15 is 0 Å². The van der Waals surface area contributed by atoms with Gasteiger partial charge < -0.3 is 19.7 Å². The molecule has 0 aromatic heterocycles. The van der Waals surface area contributed by atoms with Gasteiger partial charge in [0.25, 0.3) is 5.91 Å². The molecule has 2 aliphatic rings. The molecule has 1 unspecified atom stereocenters. The second-order valence-corrected chi connectivity index (χ2v) is 7.74. The van der Waals surface area contributed by atoms with Gasteiger partial charge in [-0.2, -0.15) is 0 Å². The van der Waals surface area contributed by atoms with Crippen molar-refractivity contribution in [2.45, 2.75) is 19.4 Å². The summed E-state index contributed by atoms with van der Waals surface area (Å²) in [5.74, 6) is -0.0427. The van der Waals surface area contributed by atoms with Crippen molar-refractivity contribution in [2.75, 3.05) is 49.6 Å². The smallest absolute Gasteiger partial charge is 0.267 e. The van der Waals surface area contributed by atoms with Crippen LogP contribution in [0.5, 0.6) is 5.75 Å². The van der Waals surface area contributed by atoms with E-state index in [0.717, 1.165) is 25.2 Å². The third kappa shape index (κ3) is 5.21. The minimum Gasteiger partial charge on any atom is -0.479 e. The monoisotopic (exact) mass is 427 g/mol. The first-order chi connectivity index (χ1) is 15.0. The van der Waals surface area contributed by atoms with E-state index < -0.39 is 6.10 Å². The van der Waals surface area contributed by atoms with E-state index in [9.17, 15) is 14.0 Å². The molecule has 2 aromatic rings. The summed E-state index contributed by atoms with van der Waals surface area (Å²) in [5.41, 5.74) is 1.94. The Balaban J connectivity index is 1.46. The zero-order valence-corrected chi connectivity index (χ0v) is 17.5. The number of hydrogen-bond donors (Lipinski definition) is 1. The average Bonchev–Trinajstić information content (AvgIpc) is 2.77. The van der Waals surface area contributed by atoms with E-state index in [4.69, 9.17) is 9.47 Å². The fourth-order valence-corrected chi connectivity index (χ4v) is 3.77. The molecule has 1 saturated heterocycles. The Morgan fingerprint density at radius 3 is 2.61 bits per heavy atom. The lowest BCUT2D eigenvalue weighted by Crippen LogP contribution is -2.48. The lowest BCUT2D eigenvalue weighted by Gasteiger charge is -2.35. The molecule has 2 heterocycles. The number of fused-ring (bicyclic) bond motifs is 1. The van der Waals surface area contributed by atoms with Gasteiger partial charge in [0.05, 0.1) is 25.3 Å². The largest absolute Gasteiger partial charge is 0.479 e. The molecule has 2 aromatic carbocycles. The van der Waals surface area contributed by atoms with Crippen LogP contribution in [0.4, 0.5) is 15.8 Å². The van der Waals surface area contributed by atoms with Crippen LogP contribution in [-0.4, -0.2) is 62.2 Å².